The van der Waals surface area contributed by atoms with Crippen molar-refractivity contribution in [3.05, 3.63) is 34.4 Å². The number of anilines is 4. The first-order valence-electron chi connectivity index (χ1n) is 9.75. The molecule has 1 aromatic heterocycles. The number of nitrogens with one attached hydrogen (secondary N) is 1. The highest BCUT2D eigenvalue weighted by Crippen LogP contribution is 2.40. The van der Waals surface area contributed by atoms with Crippen molar-refractivity contribution >= 4 is 45.0 Å². The molecule has 9 heteroatoms. The summed E-state index contributed by atoms with van der Waals surface area (Å²) in [6.07, 6.45) is 6.41. The number of carbonyl (C=O) groups is 1. The standard InChI is InChI=1S/C20H22BrF2N5O/c1-3-15-19(29)27(2)16-10-24-20(25-17-13(22)8-11(21)9-14(17)23)26-18(16)28(15)12-6-4-5-7-12/h8-10,12,15H,3-7H2,1-2H3,(H,24,25,26)/t15-/m1/s1. The van der Waals surface area contributed by atoms with Gasteiger partial charge in [-0.15, -0.1) is 0 Å². The molecule has 1 atom stereocenters. The molecular formula is C20H22BrF2N5O. The number of benzene rings is 1. The number of fused-ring (bicyclic) bond motifs is 1. The van der Waals surface area contributed by atoms with Crippen molar-refractivity contribution in [1.29, 1.82) is 0 Å². The molecule has 1 saturated carbocycles. The number of hydrogen-bond donors (Lipinski definition) is 1. The Morgan fingerprint density at radius 2 is 1.90 bits per heavy atom. The van der Waals surface area contributed by atoms with Crippen LogP contribution in [-0.2, 0) is 4.79 Å². The van der Waals surface area contributed by atoms with E-state index in [1.54, 1.807) is 11.9 Å². The van der Waals surface area contributed by atoms with Gasteiger partial charge in [-0.2, -0.15) is 4.98 Å². The van der Waals surface area contributed by atoms with E-state index >= 15 is 0 Å². The molecule has 154 valence electrons. The molecule has 1 amide bonds. The van der Waals surface area contributed by atoms with Crippen LogP contribution in [0, 0.1) is 11.6 Å². The molecule has 6 nitrogen and oxygen atoms in total. The predicted molar refractivity (Wildman–Crippen MR) is 112 cm³/mol. The Morgan fingerprint density at radius 1 is 1.24 bits per heavy atom. The van der Waals surface area contributed by atoms with Crippen molar-refractivity contribution in [3.63, 3.8) is 0 Å². The van der Waals surface area contributed by atoms with Gasteiger partial charge in [0, 0.05) is 17.6 Å². The molecule has 1 aromatic carbocycles. The third-order valence-electron chi connectivity index (χ3n) is 5.66. The second kappa shape index (κ2) is 7.85. The molecule has 0 bridgehead atoms. The highest BCUT2D eigenvalue weighted by Gasteiger charge is 2.41. The highest BCUT2D eigenvalue weighted by molar-refractivity contribution is 9.10. The molecule has 2 aromatic rings. The van der Waals surface area contributed by atoms with Crippen molar-refractivity contribution in [1.82, 2.24) is 9.97 Å². The van der Waals surface area contributed by atoms with E-state index in [0.717, 1.165) is 25.7 Å². The van der Waals surface area contributed by atoms with Crippen LogP contribution >= 0.6 is 15.9 Å². The van der Waals surface area contributed by atoms with E-state index in [9.17, 15) is 13.6 Å². The lowest BCUT2D eigenvalue weighted by atomic mass is 10.0. The van der Waals surface area contributed by atoms with Crippen molar-refractivity contribution < 1.29 is 13.6 Å². The lowest BCUT2D eigenvalue weighted by Gasteiger charge is -2.43. The lowest BCUT2D eigenvalue weighted by Crippen LogP contribution is -2.55. The van der Waals surface area contributed by atoms with Crippen LogP contribution in [0.1, 0.15) is 39.0 Å². The first-order chi connectivity index (χ1) is 13.9. The summed E-state index contributed by atoms with van der Waals surface area (Å²) >= 11 is 3.07. The zero-order chi connectivity index (χ0) is 20.7. The van der Waals surface area contributed by atoms with Crippen molar-refractivity contribution in [2.75, 3.05) is 22.2 Å². The Morgan fingerprint density at radius 3 is 2.52 bits per heavy atom. The van der Waals surface area contributed by atoms with Crippen LogP contribution in [0.25, 0.3) is 0 Å². The number of rotatable bonds is 4. The van der Waals surface area contributed by atoms with Crippen LogP contribution in [0.2, 0.25) is 0 Å². The molecule has 1 fully saturated rings. The Labute approximate surface area is 176 Å². The fourth-order valence-electron chi connectivity index (χ4n) is 4.22. The minimum Gasteiger partial charge on any atom is -0.340 e. The van der Waals surface area contributed by atoms with Gasteiger partial charge in [0.2, 0.25) is 11.9 Å². The minimum absolute atomic E-state index is 0.0150. The average molecular weight is 466 g/mol. The molecule has 0 saturated heterocycles. The molecule has 2 heterocycles. The summed E-state index contributed by atoms with van der Waals surface area (Å²) in [4.78, 5) is 25.3. The number of hydrogen-bond acceptors (Lipinski definition) is 5. The third kappa shape index (κ3) is 3.56. The van der Waals surface area contributed by atoms with Gasteiger partial charge in [-0.25, -0.2) is 13.8 Å². The van der Waals surface area contributed by atoms with Gasteiger partial charge in [0.05, 0.1) is 6.20 Å². The largest absolute Gasteiger partial charge is 0.340 e. The van der Waals surface area contributed by atoms with Crippen molar-refractivity contribution in [2.24, 2.45) is 0 Å². The third-order valence-corrected chi connectivity index (χ3v) is 6.11. The van der Waals surface area contributed by atoms with Crippen LogP contribution in [0.15, 0.2) is 22.8 Å². The lowest BCUT2D eigenvalue weighted by molar-refractivity contribution is -0.120. The molecule has 0 unspecified atom stereocenters. The van der Waals surface area contributed by atoms with Gasteiger partial charge < -0.3 is 15.1 Å². The minimum atomic E-state index is -0.746. The number of halogens is 3. The van der Waals surface area contributed by atoms with E-state index in [4.69, 9.17) is 0 Å². The first kappa shape index (κ1) is 20.0. The Balaban J connectivity index is 1.76. The SMILES string of the molecule is CC[C@@H]1C(=O)N(C)c2cnc(Nc3c(F)cc(Br)cc3F)nc2N1C1CCCC1. The van der Waals surface area contributed by atoms with Gasteiger partial charge in [-0.1, -0.05) is 35.7 Å². The topological polar surface area (TPSA) is 61.4 Å². The molecule has 1 aliphatic carbocycles. The summed E-state index contributed by atoms with van der Waals surface area (Å²) in [5.41, 5.74) is 0.293. The van der Waals surface area contributed by atoms with Crippen molar-refractivity contribution in [3.8, 4) is 0 Å². The van der Waals surface area contributed by atoms with E-state index in [-0.39, 0.29) is 29.6 Å². The smallest absolute Gasteiger partial charge is 0.249 e. The highest BCUT2D eigenvalue weighted by atomic mass is 79.9. The summed E-state index contributed by atoms with van der Waals surface area (Å²) < 4.78 is 28.8. The molecular weight excluding hydrogens is 444 g/mol. The van der Waals surface area contributed by atoms with Gasteiger partial charge in [0.1, 0.15) is 17.4 Å². The van der Waals surface area contributed by atoms with Crippen LogP contribution in [0.4, 0.5) is 31.9 Å². The maximum atomic E-state index is 14.2. The Bertz CT molecular complexity index is 927. The van der Waals surface area contributed by atoms with Crippen LogP contribution in [0.5, 0.6) is 0 Å². The number of aromatic nitrogens is 2. The van der Waals surface area contributed by atoms with Gasteiger partial charge in [0.15, 0.2) is 17.5 Å². The first-order valence-corrected chi connectivity index (χ1v) is 10.5. The van der Waals surface area contributed by atoms with E-state index in [2.05, 4.69) is 36.1 Å². The van der Waals surface area contributed by atoms with Gasteiger partial charge in [-0.05, 0) is 31.4 Å². The fourth-order valence-corrected chi connectivity index (χ4v) is 4.62. The van der Waals surface area contributed by atoms with Crippen LogP contribution in [0.3, 0.4) is 0 Å². The van der Waals surface area contributed by atoms with Crippen molar-refractivity contribution in [2.45, 2.75) is 51.1 Å². The molecule has 2 aliphatic rings. The van der Waals surface area contributed by atoms with E-state index in [1.807, 2.05) is 6.92 Å². The summed E-state index contributed by atoms with van der Waals surface area (Å²) in [5.74, 6) is -0.763. The molecule has 1 N–H and O–H groups in total. The zero-order valence-electron chi connectivity index (χ0n) is 16.3. The molecule has 0 radical (unpaired) electrons. The van der Waals surface area contributed by atoms with E-state index in [1.165, 1.54) is 18.3 Å². The summed E-state index contributed by atoms with van der Waals surface area (Å²) in [7, 11) is 1.71. The normalized spacial score (nSPS) is 19.6. The summed E-state index contributed by atoms with van der Waals surface area (Å²) in [6, 6.07) is 2.27. The van der Waals surface area contributed by atoms with Gasteiger partial charge >= 0.3 is 0 Å². The maximum Gasteiger partial charge on any atom is 0.249 e. The number of nitrogens with zero attached hydrogens (tertiary/aromatic N) is 4. The second-order valence-electron chi connectivity index (χ2n) is 7.44. The second-order valence-corrected chi connectivity index (χ2v) is 8.35. The monoisotopic (exact) mass is 465 g/mol. The van der Waals surface area contributed by atoms with Gasteiger partial charge in [0.25, 0.3) is 0 Å². The Kier molecular flexibility index (Phi) is 5.42. The summed E-state index contributed by atoms with van der Waals surface area (Å²) in [6.45, 7) is 1.98. The van der Waals surface area contributed by atoms with E-state index in [0.29, 0.717) is 22.4 Å². The Hall–Kier alpha value is -2.29. The quantitative estimate of drug-likeness (QED) is 0.704. The van der Waals surface area contributed by atoms with E-state index < -0.39 is 11.6 Å². The molecule has 0 spiro atoms. The number of likely N-dealkylation sites (N-methyl/N-ethyl adjacent to an activating group) is 1. The fraction of sp³-hybridized carbons (Fsp3) is 0.450. The summed E-state index contributed by atoms with van der Waals surface area (Å²) in [5, 5.41) is 2.66. The molecule has 1 aliphatic heterocycles. The molecule has 4 rings (SSSR count). The average Bonchev–Trinajstić information content (AvgIpc) is 3.21. The van der Waals surface area contributed by atoms with Crippen LogP contribution in [-0.4, -0.2) is 35.0 Å². The zero-order valence-corrected chi connectivity index (χ0v) is 17.8. The molecule has 29 heavy (non-hydrogen) atoms. The maximum absolute atomic E-state index is 14.2. The van der Waals surface area contributed by atoms with Crippen LogP contribution < -0.4 is 15.1 Å². The van der Waals surface area contributed by atoms with Gasteiger partial charge in [-0.3, -0.25) is 4.79 Å². The number of amides is 1. The number of carbonyl (C=O) groups excluding carboxylic acids is 1. The predicted octanol–water partition coefficient (Wildman–Crippen LogP) is 4.76.